The van der Waals surface area contributed by atoms with Crippen LogP contribution < -0.4 is 0 Å². The molecule has 0 spiro atoms. The van der Waals surface area contributed by atoms with Gasteiger partial charge in [-0.1, -0.05) is 28.1 Å². The lowest BCUT2D eigenvalue weighted by Gasteiger charge is -2.08. The van der Waals surface area contributed by atoms with Gasteiger partial charge in [-0.25, -0.2) is 14.5 Å². The molecule has 0 unspecified atom stereocenters. The van der Waals surface area contributed by atoms with Gasteiger partial charge in [0.2, 0.25) is 0 Å². The standard InChI is InChI=1S/C17H14BrN5OS/c1-9-12-15-20-14(10-4-6-11(18)7-5-10)21-23(15)8-19-16(12)25-13(9)17(24)22(2)3/h4-8H,1-3H3. The molecule has 0 N–H and O–H groups in total. The fraction of sp³-hybridized carbons (Fsp3) is 0.176. The molecule has 1 aromatic carbocycles. The first-order chi connectivity index (χ1) is 12.0. The maximum atomic E-state index is 12.4. The van der Waals surface area contributed by atoms with Crippen LogP contribution in [0.25, 0.3) is 27.3 Å². The van der Waals surface area contributed by atoms with Crippen molar-refractivity contribution in [2.45, 2.75) is 6.92 Å². The fourth-order valence-corrected chi connectivity index (χ4v) is 4.09. The summed E-state index contributed by atoms with van der Waals surface area (Å²) in [6.07, 6.45) is 1.65. The third-order valence-corrected chi connectivity index (χ3v) is 5.69. The number of hydrogen-bond donors (Lipinski definition) is 0. The van der Waals surface area contributed by atoms with E-state index in [2.05, 4.69) is 26.0 Å². The Morgan fingerprint density at radius 3 is 2.64 bits per heavy atom. The van der Waals surface area contributed by atoms with Crippen molar-refractivity contribution in [3.63, 3.8) is 0 Å². The minimum absolute atomic E-state index is 0.0219. The summed E-state index contributed by atoms with van der Waals surface area (Å²) in [5, 5.41) is 5.41. The van der Waals surface area contributed by atoms with Crippen LogP contribution in [0.5, 0.6) is 0 Å². The van der Waals surface area contributed by atoms with E-state index in [0.717, 1.165) is 31.5 Å². The summed E-state index contributed by atoms with van der Waals surface area (Å²) in [7, 11) is 3.50. The molecule has 0 aliphatic rings. The second-order valence-corrected chi connectivity index (χ2v) is 7.81. The molecule has 0 saturated heterocycles. The average Bonchev–Trinajstić information content (AvgIpc) is 3.15. The first kappa shape index (κ1) is 16.2. The third kappa shape index (κ3) is 2.61. The molecule has 0 radical (unpaired) electrons. The molecule has 4 aromatic rings. The van der Waals surface area contributed by atoms with Gasteiger partial charge in [0.1, 0.15) is 11.2 Å². The summed E-state index contributed by atoms with van der Waals surface area (Å²) in [6.45, 7) is 1.94. The molecule has 0 aliphatic heterocycles. The van der Waals surface area contributed by atoms with Crippen LogP contribution in [0.2, 0.25) is 0 Å². The number of rotatable bonds is 2. The number of hydrogen-bond acceptors (Lipinski definition) is 5. The Bertz CT molecular complexity index is 1110. The Morgan fingerprint density at radius 1 is 1.24 bits per heavy atom. The summed E-state index contributed by atoms with van der Waals surface area (Å²) in [6, 6.07) is 7.84. The minimum atomic E-state index is -0.0219. The lowest BCUT2D eigenvalue weighted by Crippen LogP contribution is -2.21. The van der Waals surface area contributed by atoms with Gasteiger partial charge in [-0.15, -0.1) is 16.4 Å². The van der Waals surface area contributed by atoms with Crippen LogP contribution >= 0.6 is 27.3 Å². The van der Waals surface area contributed by atoms with Gasteiger partial charge >= 0.3 is 0 Å². The zero-order valence-corrected chi connectivity index (χ0v) is 16.2. The highest BCUT2D eigenvalue weighted by Gasteiger charge is 2.21. The highest BCUT2D eigenvalue weighted by atomic mass is 79.9. The average molecular weight is 416 g/mol. The summed E-state index contributed by atoms with van der Waals surface area (Å²) in [5.74, 6) is 0.610. The predicted molar refractivity (Wildman–Crippen MR) is 102 cm³/mol. The van der Waals surface area contributed by atoms with E-state index in [1.165, 1.54) is 11.3 Å². The van der Waals surface area contributed by atoms with Crippen LogP contribution in [-0.4, -0.2) is 44.5 Å². The molecule has 4 rings (SSSR count). The van der Waals surface area contributed by atoms with Crippen molar-refractivity contribution < 1.29 is 4.79 Å². The second-order valence-electron chi connectivity index (χ2n) is 5.89. The molecule has 0 atom stereocenters. The van der Waals surface area contributed by atoms with Crippen molar-refractivity contribution in [2.24, 2.45) is 0 Å². The van der Waals surface area contributed by atoms with E-state index in [4.69, 9.17) is 4.98 Å². The predicted octanol–water partition coefficient (Wildman–Crippen LogP) is 3.78. The number of benzene rings is 1. The summed E-state index contributed by atoms with van der Waals surface area (Å²) in [5.41, 5.74) is 2.54. The highest BCUT2D eigenvalue weighted by molar-refractivity contribution is 9.10. The SMILES string of the molecule is Cc1c(C(=O)N(C)C)sc2ncn3nc(-c4ccc(Br)cc4)nc3c12. The molecule has 126 valence electrons. The van der Waals surface area contributed by atoms with Gasteiger partial charge in [0.05, 0.1) is 10.3 Å². The zero-order chi connectivity index (χ0) is 17.7. The summed E-state index contributed by atoms with van der Waals surface area (Å²) in [4.78, 5) is 24.6. The van der Waals surface area contributed by atoms with E-state index in [1.807, 2.05) is 31.2 Å². The van der Waals surface area contributed by atoms with Gasteiger partial charge in [0, 0.05) is 24.1 Å². The van der Waals surface area contributed by atoms with Crippen LogP contribution in [-0.2, 0) is 0 Å². The van der Waals surface area contributed by atoms with Crippen molar-refractivity contribution in [2.75, 3.05) is 14.1 Å². The minimum Gasteiger partial charge on any atom is -0.344 e. The Morgan fingerprint density at radius 2 is 1.96 bits per heavy atom. The molecule has 0 fully saturated rings. The number of aryl methyl sites for hydroxylation is 1. The van der Waals surface area contributed by atoms with Crippen molar-refractivity contribution >= 4 is 49.0 Å². The molecule has 0 saturated carbocycles. The number of fused-ring (bicyclic) bond motifs is 3. The topological polar surface area (TPSA) is 63.4 Å². The Hall–Kier alpha value is -2.32. The van der Waals surface area contributed by atoms with Crippen LogP contribution in [0.15, 0.2) is 35.1 Å². The van der Waals surface area contributed by atoms with Crippen molar-refractivity contribution in [3.8, 4) is 11.4 Å². The molecule has 3 heterocycles. The quantitative estimate of drug-likeness (QED) is 0.499. The molecule has 1 amide bonds. The van der Waals surface area contributed by atoms with Gasteiger partial charge in [0.15, 0.2) is 11.5 Å². The largest absolute Gasteiger partial charge is 0.344 e. The molecule has 8 heteroatoms. The monoisotopic (exact) mass is 415 g/mol. The lowest BCUT2D eigenvalue weighted by molar-refractivity contribution is 0.0831. The molecular formula is C17H14BrN5OS. The number of halogens is 1. The van der Waals surface area contributed by atoms with Crippen molar-refractivity contribution in [1.82, 2.24) is 24.5 Å². The number of nitrogens with zero attached hydrogens (tertiary/aromatic N) is 5. The van der Waals surface area contributed by atoms with Crippen LogP contribution in [0.1, 0.15) is 15.2 Å². The summed E-state index contributed by atoms with van der Waals surface area (Å²) >= 11 is 4.82. The fourth-order valence-electron chi connectivity index (χ4n) is 2.66. The zero-order valence-electron chi connectivity index (χ0n) is 13.8. The number of aromatic nitrogens is 4. The van der Waals surface area contributed by atoms with Crippen molar-refractivity contribution in [1.29, 1.82) is 0 Å². The van der Waals surface area contributed by atoms with E-state index in [9.17, 15) is 4.79 Å². The normalized spacial score (nSPS) is 11.4. The summed E-state index contributed by atoms with van der Waals surface area (Å²) < 4.78 is 2.67. The third-order valence-electron chi connectivity index (χ3n) is 3.97. The van der Waals surface area contributed by atoms with Crippen LogP contribution in [0.4, 0.5) is 0 Å². The van der Waals surface area contributed by atoms with Gasteiger partial charge in [-0.05, 0) is 24.6 Å². The Kier molecular flexibility index (Phi) is 3.81. The molecule has 0 aliphatic carbocycles. The van der Waals surface area contributed by atoms with Gasteiger partial charge in [0.25, 0.3) is 5.91 Å². The number of carbonyl (C=O) groups excluding carboxylic acids is 1. The van der Waals surface area contributed by atoms with Gasteiger partial charge in [-0.3, -0.25) is 4.79 Å². The molecule has 0 bridgehead atoms. The molecule has 3 aromatic heterocycles. The first-order valence-corrected chi connectivity index (χ1v) is 9.18. The van der Waals surface area contributed by atoms with Gasteiger partial charge < -0.3 is 4.90 Å². The van der Waals surface area contributed by atoms with E-state index >= 15 is 0 Å². The first-order valence-electron chi connectivity index (χ1n) is 7.58. The second kappa shape index (κ2) is 5.89. The maximum absolute atomic E-state index is 12.4. The Labute approximate surface area is 156 Å². The number of carbonyl (C=O) groups is 1. The van der Waals surface area contributed by atoms with Crippen LogP contribution in [0.3, 0.4) is 0 Å². The highest BCUT2D eigenvalue weighted by Crippen LogP contribution is 2.33. The molecular weight excluding hydrogens is 402 g/mol. The van der Waals surface area contributed by atoms with E-state index < -0.39 is 0 Å². The van der Waals surface area contributed by atoms with E-state index in [0.29, 0.717) is 10.7 Å². The molecule has 25 heavy (non-hydrogen) atoms. The van der Waals surface area contributed by atoms with Gasteiger partial charge in [-0.2, -0.15) is 0 Å². The number of thiophene rings is 1. The lowest BCUT2D eigenvalue weighted by atomic mass is 10.2. The Balaban J connectivity index is 1.94. The van der Waals surface area contributed by atoms with Crippen LogP contribution in [0, 0.1) is 6.92 Å². The van der Waals surface area contributed by atoms with E-state index in [-0.39, 0.29) is 5.91 Å². The molecule has 6 nitrogen and oxygen atoms in total. The van der Waals surface area contributed by atoms with Crippen molar-refractivity contribution in [3.05, 3.63) is 45.5 Å². The number of amides is 1. The van der Waals surface area contributed by atoms with E-state index in [1.54, 1.807) is 29.8 Å². The maximum Gasteiger partial charge on any atom is 0.263 e. The smallest absolute Gasteiger partial charge is 0.263 e.